The highest BCUT2D eigenvalue weighted by molar-refractivity contribution is 7.20. The molecule has 1 aromatic heterocycles. The molecule has 1 aromatic rings. The SMILES string of the molecule is CCCC1CCCCN1CC(=O)c1cc(Cl)sc1Cl. The summed E-state index contributed by atoms with van der Waals surface area (Å²) in [4.78, 5) is 14.6. The van der Waals surface area contributed by atoms with E-state index in [1.807, 2.05) is 0 Å². The number of halogens is 2. The maximum atomic E-state index is 12.3. The highest BCUT2D eigenvalue weighted by Crippen LogP contribution is 2.32. The van der Waals surface area contributed by atoms with Crippen LogP contribution in [-0.4, -0.2) is 29.8 Å². The summed E-state index contributed by atoms with van der Waals surface area (Å²) in [5, 5.41) is 0. The minimum absolute atomic E-state index is 0.0937. The zero-order valence-corrected chi connectivity index (χ0v) is 13.5. The van der Waals surface area contributed by atoms with Gasteiger partial charge in [0, 0.05) is 6.04 Å². The molecule has 0 aromatic carbocycles. The second-order valence-electron chi connectivity index (χ2n) is 5.07. The third-order valence-electron chi connectivity index (χ3n) is 3.67. The third kappa shape index (κ3) is 3.94. The smallest absolute Gasteiger partial charge is 0.179 e. The Balaban J connectivity index is 2.02. The van der Waals surface area contributed by atoms with Gasteiger partial charge in [0.2, 0.25) is 0 Å². The van der Waals surface area contributed by atoms with Gasteiger partial charge in [0.1, 0.15) is 4.34 Å². The van der Waals surface area contributed by atoms with Crippen molar-refractivity contribution in [2.45, 2.75) is 45.1 Å². The van der Waals surface area contributed by atoms with E-state index < -0.39 is 0 Å². The van der Waals surface area contributed by atoms with Crippen molar-refractivity contribution in [3.8, 4) is 0 Å². The number of hydrogen-bond acceptors (Lipinski definition) is 3. The van der Waals surface area contributed by atoms with Gasteiger partial charge in [0.15, 0.2) is 5.78 Å². The predicted molar refractivity (Wildman–Crippen MR) is 82.8 cm³/mol. The van der Waals surface area contributed by atoms with Gasteiger partial charge in [-0.15, -0.1) is 11.3 Å². The topological polar surface area (TPSA) is 20.3 Å². The van der Waals surface area contributed by atoms with Crippen LogP contribution < -0.4 is 0 Å². The van der Waals surface area contributed by atoms with Crippen LogP contribution in [0.2, 0.25) is 8.67 Å². The molecule has 0 radical (unpaired) electrons. The van der Waals surface area contributed by atoms with E-state index in [1.54, 1.807) is 6.07 Å². The van der Waals surface area contributed by atoms with Crippen LogP contribution in [0.5, 0.6) is 0 Å². The van der Waals surface area contributed by atoms with Crippen molar-refractivity contribution in [3.05, 3.63) is 20.3 Å². The number of carbonyl (C=O) groups is 1. The quantitative estimate of drug-likeness (QED) is 0.720. The molecule has 0 bridgehead atoms. The Morgan fingerprint density at radius 1 is 1.47 bits per heavy atom. The Kier molecular flexibility index (Phi) is 5.70. The van der Waals surface area contributed by atoms with Gasteiger partial charge in [-0.05, 0) is 31.9 Å². The fourth-order valence-electron chi connectivity index (χ4n) is 2.73. The van der Waals surface area contributed by atoms with Gasteiger partial charge in [-0.1, -0.05) is 43.0 Å². The van der Waals surface area contributed by atoms with Crippen LogP contribution in [0.25, 0.3) is 0 Å². The van der Waals surface area contributed by atoms with Gasteiger partial charge in [-0.3, -0.25) is 9.69 Å². The molecule has 5 heteroatoms. The molecule has 1 aliphatic heterocycles. The number of thiophene rings is 1. The Labute approximate surface area is 128 Å². The molecule has 106 valence electrons. The van der Waals surface area contributed by atoms with Crippen LogP contribution in [0.3, 0.4) is 0 Å². The number of piperidine rings is 1. The van der Waals surface area contributed by atoms with E-state index in [1.165, 1.54) is 43.4 Å². The maximum Gasteiger partial charge on any atom is 0.179 e. The van der Waals surface area contributed by atoms with Crippen LogP contribution in [0.15, 0.2) is 6.07 Å². The molecule has 19 heavy (non-hydrogen) atoms. The monoisotopic (exact) mass is 319 g/mol. The van der Waals surface area contributed by atoms with Gasteiger partial charge < -0.3 is 0 Å². The Hall–Kier alpha value is -0.0900. The minimum atomic E-state index is 0.0937. The maximum absolute atomic E-state index is 12.3. The molecule has 1 fully saturated rings. The van der Waals surface area contributed by atoms with Gasteiger partial charge in [0.25, 0.3) is 0 Å². The van der Waals surface area contributed by atoms with Crippen molar-refractivity contribution < 1.29 is 4.79 Å². The van der Waals surface area contributed by atoms with E-state index in [2.05, 4.69) is 11.8 Å². The number of ketones is 1. The van der Waals surface area contributed by atoms with E-state index >= 15 is 0 Å². The zero-order chi connectivity index (χ0) is 13.8. The van der Waals surface area contributed by atoms with E-state index in [-0.39, 0.29) is 5.78 Å². The zero-order valence-electron chi connectivity index (χ0n) is 11.1. The summed E-state index contributed by atoms with van der Waals surface area (Å²) >= 11 is 13.2. The molecule has 2 nitrogen and oxygen atoms in total. The van der Waals surface area contributed by atoms with Gasteiger partial charge >= 0.3 is 0 Å². The van der Waals surface area contributed by atoms with Crippen LogP contribution >= 0.6 is 34.5 Å². The number of carbonyl (C=O) groups excluding carboxylic acids is 1. The summed E-state index contributed by atoms with van der Waals surface area (Å²) in [7, 11) is 0. The summed E-state index contributed by atoms with van der Waals surface area (Å²) in [6.45, 7) is 3.69. The van der Waals surface area contributed by atoms with Crippen LogP contribution in [0.4, 0.5) is 0 Å². The molecule has 2 heterocycles. The lowest BCUT2D eigenvalue weighted by atomic mass is 9.97. The first-order valence-corrected chi connectivity index (χ1v) is 8.41. The lowest BCUT2D eigenvalue weighted by Crippen LogP contribution is -2.42. The summed E-state index contributed by atoms with van der Waals surface area (Å²) in [5.74, 6) is 0.0937. The summed E-state index contributed by atoms with van der Waals surface area (Å²) in [5.41, 5.74) is 0.581. The summed E-state index contributed by atoms with van der Waals surface area (Å²) in [6, 6.07) is 2.24. The molecule has 0 saturated carbocycles. The summed E-state index contributed by atoms with van der Waals surface area (Å²) < 4.78 is 1.09. The fraction of sp³-hybridized carbons (Fsp3) is 0.643. The van der Waals surface area contributed by atoms with Gasteiger partial charge in [-0.25, -0.2) is 0 Å². The predicted octanol–water partition coefficient (Wildman–Crippen LogP) is 4.89. The normalized spacial score (nSPS) is 20.7. The number of rotatable bonds is 5. The van der Waals surface area contributed by atoms with E-state index in [0.29, 0.717) is 26.8 Å². The lowest BCUT2D eigenvalue weighted by molar-refractivity contribution is 0.0831. The molecular formula is C14H19Cl2NOS. The molecule has 0 amide bonds. The Morgan fingerprint density at radius 2 is 2.26 bits per heavy atom. The molecule has 2 rings (SSSR count). The minimum Gasteiger partial charge on any atom is -0.293 e. The summed E-state index contributed by atoms with van der Waals surface area (Å²) in [6.07, 6.45) is 6.01. The molecule has 1 atom stereocenters. The Morgan fingerprint density at radius 3 is 2.89 bits per heavy atom. The Bertz CT molecular complexity index is 445. The van der Waals surface area contributed by atoms with Crippen molar-refractivity contribution >= 4 is 40.3 Å². The number of nitrogens with zero attached hydrogens (tertiary/aromatic N) is 1. The highest BCUT2D eigenvalue weighted by Gasteiger charge is 2.25. The first-order valence-electron chi connectivity index (χ1n) is 6.84. The third-order valence-corrected chi connectivity index (χ3v) is 5.16. The van der Waals surface area contributed by atoms with E-state index in [0.717, 1.165) is 6.54 Å². The number of hydrogen-bond donors (Lipinski definition) is 0. The largest absolute Gasteiger partial charge is 0.293 e. The molecular weight excluding hydrogens is 301 g/mol. The van der Waals surface area contributed by atoms with Crippen LogP contribution in [0, 0.1) is 0 Å². The lowest BCUT2D eigenvalue weighted by Gasteiger charge is -2.35. The van der Waals surface area contributed by atoms with Crippen molar-refractivity contribution in [1.29, 1.82) is 0 Å². The number of Topliss-reactive ketones (excluding diaryl/α,β-unsaturated/α-hetero) is 1. The molecule has 1 aliphatic rings. The second-order valence-corrected chi connectivity index (χ2v) is 7.36. The molecule has 0 spiro atoms. The second kappa shape index (κ2) is 7.07. The molecule has 0 N–H and O–H groups in total. The van der Waals surface area contributed by atoms with Crippen molar-refractivity contribution in [3.63, 3.8) is 0 Å². The fourth-order valence-corrected chi connectivity index (χ4v) is 4.23. The van der Waals surface area contributed by atoms with Gasteiger partial charge in [-0.2, -0.15) is 0 Å². The molecule has 0 aliphatic carbocycles. The average Bonchev–Trinajstić information content (AvgIpc) is 2.71. The highest BCUT2D eigenvalue weighted by atomic mass is 35.5. The van der Waals surface area contributed by atoms with Crippen molar-refractivity contribution in [2.24, 2.45) is 0 Å². The molecule has 1 saturated heterocycles. The van der Waals surface area contributed by atoms with Gasteiger partial charge in [0.05, 0.1) is 16.4 Å². The average molecular weight is 320 g/mol. The number of likely N-dealkylation sites (tertiary alicyclic amines) is 1. The first kappa shape index (κ1) is 15.3. The van der Waals surface area contributed by atoms with Crippen LogP contribution in [-0.2, 0) is 0 Å². The first-order chi connectivity index (χ1) is 9.11. The van der Waals surface area contributed by atoms with Crippen molar-refractivity contribution in [2.75, 3.05) is 13.1 Å². The molecule has 1 unspecified atom stereocenters. The standard InChI is InChI=1S/C14H19Cl2NOS/c1-2-5-10-6-3-4-7-17(10)9-12(18)11-8-13(15)19-14(11)16/h8,10H,2-7,9H2,1H3. The van der Waals surface area contributed by atoms with E-state index in [9.17, 15) is 4.79 Å². The van der Waals surface area contributed by atoms with E-state index in [4.69, 9.17) is 23.2 Å². The van der Waals surface area contributed by atoms with Crippen molar-refractivity contribution in [1.82, 2.24) is 4.90 Å². The van der Waals surface area contributed by atoms with Crippen LogP contribution in [0.1, 0.15) is 49.4 Å².